The van der Waals surface area contributed by atoms with Crippen LogP contribution in [0.1, 0.15) is 43.8 Å². The molecule has 2 saturated heterocycles. The van der Waals surface area contributed by atoms with E-state index in [1.807, 2.05) is 36.4 Å². The molecule has 2 aliphatic rings. The van der Waals surface area contributed by atoms with Gasteiger partial charge in [-0.05, 0) is 72.9 Å². The molecule has 1 N–H and O–H groups in total. The molecule has 5 rings (SSSR count). The second-order valence-electron chi connectivity index (χ2n) is 9.00. The molecule has 2 aliphatic heterocycles. The van der Waals surface area contributed by atoms with Crippen LogP contribution < -0.4 is 15.1 Å². The van der Waals surface area contributed by atoms with E-state index >= 15 is 0 Å². The highest BCUT2D eigenvalue weighted by Crippen LogP contribution is 2.43. The van der Waals surface area contributed by atoms with Gasteiger partial charge in [0.2, 0.25) is 0 Å². The first-order valence-electron chi connectivity index (χ1n) is 11.1. The van der Waals surface area contributed by atoms with Crippen LogP contribution in [0.5, 0.6) is 0 Å². The maximum atomic E-state index is 6.84. The van der Waals surface area contributed by atoms with E-state index in [4.69, 9.17) is 28.2 Å². The topological polar surface area (TPSA) is 44.5 Å². The van der Waals surface area contributed by atoms with Crippen LogP contribution in [-0.2, 0) is 0 Å². The van der Waals surface area contributed by atoms with E-state index < -0.39 is 0 Å². The number of nitrogens with zero attached hydrogens (tertiary/aromatic N) is 3. The second-order valence-corrected chi connectivity index (χ2v) is 9.79. The molecule has 0 unspecified atom stereocenters. The molecule has 3 aromatic rings. The van der Waals surface area contributed by atoms with Gasteiger partial charge in [0.25, 0.3) is 0 Å². The molecule has 0 bridgehead atoms. The lowest BCUT2D eigenvalue weighted by molar-refractivity contribution is 0.357. The average Bonchev–Trinajstić information content (AvgIpc) is 3.41. The predicted molar refractivity (Wildman–Crippen MR) is 133 cm³/mol. The van der Waals surface area contributed by atoms with Crippen LogP contribution in [-0.4, -0.2) is 23.2 Å². The molecular formula is C25H27ClN4OS. The highest BCUT2D eigenvalue weighted by Gasteiger charge is 2.42. The summed E-state index contributed by atoms with van der Waals surface area (Å²) < 4.78 is 5.83. The Morgan fingerprint density at radius 1 is 1.09 bits per heavy atom. The van der Waals surface area contributed by atoms with Crippen molar-refractivity contribution in [2.45, 2.75) is 32.4 Å². The molecule has 2 fully saturated rings. The summed E-state index contributed by atoms with van der Waals surface area (Å²) in [6.45, 7) is 6.68. The summed E-state index contributed by atoms with van der Waals surface area (Å²) in [4.78, 5) is 9.06. The Hall–Kier alpha value is -2.57. The van der Waals surface area contributed by atoms with Crippen LogP contribution >= 0.6 is 23.8 Å². The van der Waals surface area contributed by atoms with Crippen molar-refractivity contribution in [1.29, 1.82) is 0 Å². The summed E-state index contributed by atoms with van der Waals surface area (Å²) in [5.74, 6) is 2.14. The van der Waals surface area contributed by atoms with Crippen LogP contribution in [0, 0.1) is 11.8 Å². The third-order valence-corrected chi connectivity index (χ3v) is 6.97. The zero-order valence-corrected chi connectivity index (χ0v) is 19.8. The van der Waals surface area contributed by atoms with E-state index in [1.54, 1.807) is 12.5 Å². The van der Waals surface area contributed by atoms with Gasteiger partial charge in [-0.15, -0.1) is 0 Å². The zero-order valence-electron chi connectivity index (χ0n) is 18.2. The average molecular weight is 467 g/mol. The fourth-order valence-electron chi connectivity index (χ4n) is 5.14. The molecule has 5 nitrogen and oxygen atoms in total. The van der Waals surface area contributed by atoms with Crippen molar-refractivity contribution >= 4 is 40.3 Å². The first-order chi connectivity index (χ1) is 15.5. The maximum absolute atomic E-state index is 6.84. The largest absolute Gasteiger partial charge is 0.467 e. The Labute approximate surface area is 199 Å². The Morgan fingerprint density at radius 2 is 1.91 bits per heavy atom. The maximum Gasteiger partial charge on any atom is 0.174 e. The van der Waals surface area contributed by atoms with Gasteiger partial charge in [-0.3, -0.25) is 4.98 Å². The number of pyridine rings is 1. The number of thiocarbonyl (C=S) groups is 1. The van der Waals surface area contributed by atoms with Gasteiger partial charge in [-0.25, -0.2) is 0 Å². The number of rotatable bonds is 4. The van der Waals surface area contributed by atoms with E-state index in [0.29, 0.717) is 16.9 Å². The molecule has 4 atom stereocenters. The minimum absolute atomic E-state index is 0.128. The molecule has 0 radical (unpaired) electrons. The third kappa shape index (κ3) is 3.97. The van der Waals surface area contributed by atoms with Gasteiger partial charge in [0.1, 0.15) is 11.8 Å². The van der Waals surface area contributed by atoms with Crippen LogP contribution in [0.15, 0.2) is 65.4 Å². The molecular weight excluding hydrogens is 440 g/mol. The summed E-state index contributed by atoms with van der Waals surface area (Å²) >= 11 is 12.6. The van der Waals surface area contributed by atoms with Crippen molar-refractivity contribution in [3.05, 3.63) is 77.5 Å². The lowest BCUT2D eigenvalue weighted by Gasteiger charge is -2.37. The first kappa shape index (κ1) is 21.3. The quantitative estimate of drug-likeness (QED) is 0.476. The Kier molecular flexibility index (Phi) is 5.82. The van der Waals surface area contributed by atoms with Crippen molar-refractivity contribution < 1.29 is 4.42 Å². The number of halogens is 1. The van der Waals surface area contributed by atoms with Gasteiger partial charge in [-0.1, -0.05) is 31.5 Å². The van der Waals surface area contributed by atoms with Crippen molar-refractivity contribution in [3.63, 3.8) is 0 Å². The fraction of sp³-hybridized carbons (Fsp3) is 0.360. The van der Waals surface area contributed by atoms with Crippen molar-refractivity contribution in [1.82, 2.24) is 10.3 Å². The molecule has 0 amide bonds. The van der Waals surface area contributed by atoms with Crippen molar-refractivity contribution in [2.24, 2.45) is 11.8 Å². The predicted octanol–water partition coefficient (Wildman–Crippen LogP) is 5.99. The molecule has 0 aliphatic carbocycles. The SMILES string of the molecule is C[C@H]1C[C@H](C)CN(c2ccc(N3C(=S)N[C@@H](c4ccccn4)[C@@H]3c3ccco3)cc2Cl)C1. The summed E-state index contributed by atoms with van der Waals surface area (Å²) in [6.07, 6.45) is 4.76. The smallest absolute Gasteiger partial charge is 0.174 e. The van der Waals surface area contributed by atoms with Gasteiger partial charge in [0.15, 0.2) is 5.11 Å². The summed E-state index contributed by atoms with van der Waals surface area (Å²) in [7, 11) is 0. The number of hydrogen-bond acceptors (Lipinski definition) is 4. The number of furan rings is 1. The van der Waals surface area contributed by atoms with Gasteiger partial charge in [-0.2, -0.15) is 0 Å². The molecule has 7 heteroatoms. The minimum atomic E-state index is -0.163. The van der Waals surface area contributed by atoms with E-state index in [0.717, 1.165) is 40.9 Å². The van der Waals surface area contributed by atoms with Gasteiger partial charge < -0.3 is 19.5 Å². The highest BCUT2D eigenvalue weighted by molar-refractivity contribution is 7.80. The first-order valence-corrected chi connectivity index (χ1v) is 11.9. The number of aromatic nitrogens is 1. The molecule has 2 aromatic heterocycles. The summed E-state index contributed by atoms with van der Waals surface area (Å²) in [5, 5.41) is 4.82. The molecule has 0 saturated carbocycles. The van der Waals surface area contributed by atoms with Crippen LogP contribution in [0.3, 0.4) is 0 Å². The van der Waals surface area contributed by atoms with Crippen molar-refractivity contribution in [2.75, 3.05) is 22.9 Å². The number of piperidine rings is 1. The molecule has 166 valence electrons. The second kappa shape index (κ2) is 8.75. The molecule has 0 spiro atoms. The zero-order chi connectivity index (χ0) is 22.2. The van der Waals surface area contributed by atoms with Crippen LogP contribution in [0.4, 0.5) is 11.4 Å². The summed E-state index contributed by atoms with van der Waals surface area (Å²) in [6, 6.07) is 15.8. The third-order valence-electron chi connectivity index (χ3n) is 6.35. The Morgan fingerprint density at radius 3 is 2.56 bits per heavy atom. The van der Waals surface area contributed by atoms with Crippen LogP contribution in [0.25, 0.3) is 0 Å². The van der Waals surface area contributed by atoms with Crippen molar-refractivity contribution in [3.8, 4) is 0 Å². The van der Waals surface area contributed by atoms with Gasteiger partial charge in [0.05, 0.1) is 28.7 Å². The minimum Gasteiger partial charge on any atom is -0.467 e. The van der Waals surface area contributed by atoms with E-state index in [2.05, 4.69) is 46.1 Å². The molecule has 4 heterocycles. The Bertz CT molecular complexity index is 1080. The van der Waals surface area contributed by atoms with Crippen LogP contribution in [0.2, 0.25) is 5.02 Å². The van der Waals surface area contributed by atoms with E-state index in [-0.39, 0.29) is 12.1 Å². The summed E-state index contributed by atoms with van der Waals surface area (Å²) in [5.41, 5.74) is 2.94. The van der Waals surface area contributed by atoms with E-state index in [1.165, 1.54) is 6.42 Å². The van der Waals surface area contributed by atoms with Gasteiger partial charge >= 0.3 is 0 Å². The lowest BCUT2D eigenvalue weighted by atomic mass is 9.91. The van der Waals surface area contributed by atoms with E-state index in [9.17, 15) is 0 Å². The standard InChI is InChI=1S/C25H27ClN4OS/c1-16-12-17(2)15-29(14-16)21-9-8-18(13-19(21)26)30-24(22-7-5-11-31-22)23(28-25(30)32)20-6-3-4-10-27-20/h3-11,13,16-17,23-24H,12,14-15H2,1-2H3,(H,28,32)/t16-,17-,23-,24-/m0/s1. The fourth-order valence-corrected chi connectivity index (χ4v) is 5.78. The molecule has 32 heavy (non-hydrogen) atoms. The number of anilines is 2. The highest BCUT2D eigenvalue weighted by atomic mass is 35.5. The van der Waals surface area contributed by atoms with Gasteiger partial charge in [0, 0.05) is 25.0 Å². The Balaban J connectivity index is 1.50. The lowest BCUT2D eigenvalue weighted by Crippen LogP contribution is -2.38. The number of hydrogen-bond donors (Lipinski definition) is 1. The number of benzene rings is 1. The molecule has 1 aromatic carbocycles. The number of nitrogens with one attached hydrogen (secondary N) is 1. The normalized spacial score (nSPS) is 25.8. The monoisotopic (exact) mass is 466 g/mol.